The van der Waals surface area contributed by atoms with E-state index in [0.29, 0.717) is 14.9 Å². The highest BCUT2D eigenvalue weighted by atomic mass is 31.1. The summed E-state index contributed by atoms with van der Waals surface area (Å²) in [6, 6.07) is 0.380. The number of hydrogen-bond acceptors (Lipinski definition) is 2. The summed E-state index contributed by atoms with van der Waals surface area (Å²) in [4.78, 5) is 0. The molecule has 0 bridgehead atoms. The molecule has 0 aromatic rings. The van der Waals surface area contributed by atoms with Crippen molar-refractivity contribution in [3.63, 3.8) is 0 Å². The van der Waals surface area contributed by atoms with Crippen molar-refractivity contribution in [3.05, 3.63) is 59.9 Å². The van der Waals surface area contributed by atoms with Gasteiger partial charge in [0.25, 0.3) is 0 Å². The van der Waals surface area contributed by atoms with Crippen LogP contribution in [0.1, 0.15) is 39.0 Å². The zero-order chi connectivity index (χ0) is 14.2. The first-order chi connectivity index (χ1) is 9.83. The number of hydrogen-bond donors (Lipinski definition) is 2. The highest BCUT2D eigenvalue weighted by Crippen LogP contribution is 2.31. The lowest BCUT2D eigenvalue weighted by Crippen LogP contribution is -2.24. The van der Waals surface area contributed by atoms with Gasteiger partial charge in [0.1, 0.15) is 0 Å². The number of allylic oxidation sites excluding steroid dienone is 6. The third-order valence-corrected chi connectivity index (χ3v) is 4.69. The maximum atomic E-state index is 3.69. The van der Waals surface area contributed by atoms with Crippen LogP contribution < -0.4 is 10.2 Å². The average molecular weight is 288 g/mol. The summed E-state index contributed by atoms with van der Waals surface area (Å²) in [5.74, 6) is 0. The molecule has 0 heterocycles. The van der Waals surface area contributed by atoms with Crippen molar-refractivity contribution in [2.75, 3.05) is 0 Å². The Morgan fingerprint density at radius 2 is 2.25 bits per heavy atom. The molecule has 0 spiro atoms. The van der Waals surface area contributed by atoms with Gasteiger partial charge in [-0.3, -0.25) is 5.09 Å². The Balaban J connectivity index is 2.19. The largest absolute Gasteiger partial charge is 0.361 e. The monoisotopic (exact) mass is 288 g/mol. The van der Waals surface area contributed by atoms with Crippen LogP contribution >= 0.6 is 8.88 Å². The molecule has 0 aromatic heterocycles. The molecule has 2 unspecified atom stereocenters. The first kappa shape index (κ1) is 15.3. The van der Waals surface area contributed by atoms with E-state index >= 15 is 0 Å². The molecule has 0 saturated carbocycles. The van der Waals surface area contributed by atoms with E-state index in [9.17, 15) is 0 Å². The molecular formula is C17H25N2P. The third kappa shape index (κ3) is 4.19. The minimum Gasteiger partial charge on any atom is -0.361 e. The Morgan fingerprint density at radius 3 is 3.10 bits per heavy atom. The Labute approximate surface area is 124 Å². The van der Waals surface area contributed by atoms with Gasteiger partial charge in [0.2, 0.25) is 0 Å². The van der Waals surface area contributed by atoms with Crippen molar-refractivity contribution in [3.8, 4) is 0 Å². The zero-order valence-corrected chi connectivity index (χ0v) is 13.3. The van der Waals surface area contributed by atoms with E-state index < -0.39 is 0 Å². The molecule has 0 fully saturated rings. The lowest BCUT2D eigenvalue weighted by Gasteiger charge is -2.21. The van der Waals surface area contributed by atoms with E-state index in [0.717, 1.165) is 12.8 Å². The van der Waals surface area contributed by atoms with Gasteiger partial charge in [-0.15, -0.1) is 0 Å². The second kappa shape index (κ2) is 8.24. The van der Waals surface area contributed by atoms with Crippen molar-refractivity contribution in [2.45, 2.75) is 45.1 Å². The minimum absolute atomic E-state index is 0.380. The van der Waals surface area contributed by atoms with E-state index in [2.05, 4.69) is 54.1 Å². The molecule has 0 aromatic carbocycles. The minimum atomic E-state index is 0.380. The maximum Gasteiger partial charge on any atom is 0.0462 e. The molecule has 3 heteroatoms. The molecular weight excluding hydrogens is 263 g/mol. The summed E-state index contributed by atoms with van der Waals surface area (Å²) in [6.45, 7) is 5.94. The van der Waals surface area contributed by atoms with Gasteiger partial charge in [-0.1, -0.05) is 37.0 Å². The van der Waals surface area contributed by atoms with Gasteiger partial charge >= 0.3 is 0 Å². The van der Waals surface area contributed by atoms with Crippen molar-refractivity contribution in [1.29, 1.82) is 0 Å². The Bertz CT molecular complexity index is 458. The Hall–Kier alpha value is -1.11. The lowest BCUT2D eigenvalue weighted by molar-refractivity contribution is 0.784. The van der Waals surface area contributed by atoms with Gasteiger partial charge in [0, 0.05) is 14.9 Å². The van der Waals surface area contributed by atoms with Crippen LogP contribution in [0.5, 0.6) is 0 Å². The van der Waals surface area contributed by atoms with Gasteiger partial charge in [-0.05, 0) is 61.9 Å². The molecule has 2 aliphatic carbocycles. The van der Waals surface area contributed by atoms with Crippen molar-refractivity contribution in [1.82, 2.24) is 10.2 Å². The topological polar surface area (TPSA) is 24.1 Å². The molecule has 0 saturated heterocycles. The van der Waals surface area contributed by atoms with Gasteiger partial charge in [-0.2, -0.15) is 0 Å². The second-order valence-electron chi connectivity index (χ2n) is 5.21. The van der Waals surface area contributed by atoms with Gasteiger partial charge < -0.3 is 5.09 Å². The molecule has 0 amide bonds. The maximum absolute atomic E-state index is 3.69. The summed E-state index contributed by atoms with van der Waals surface area (Å²) >= 11 is 0. The molecule has 2 rings (SSSR count). The lowest BCUT2D eigenvalue weighted by atomic mass is 9.91. The highest BCUT2D eigenvalue weighted by Gasteiger charge is 2.17. The van der Waals surface area contributed by atoms with Crippen LogP contribution in [0.3, 0.4) is 0 Å². The third-order valence-electron chi connectivity index (χ3n) is 3.76. The number of rotatable bonds is 5. The second-order valence-corrected chi connectivity index (χ2v) is 6.04. The van der Waals surface area contributed by atoms with E-state index in [1.54, 1.807) is 6.20 Å². The highest BCUT2D eigenvalue weighted by molar-refractivity contribution is 7.33. The zero-order valence-electron chi connectivity index (χ0n) is 12.3. The molecule has 20 heavy (non-hydrogen) atoms. The van der Waals surface area contributed by atoms with Crippen LogP contribution in [-0.2, 0) is 0 Å². The quantitative estimate of drug-likeness (QED) is 0.441. The predicted octanol–water partition coefficient (Wildman–Crippen LogP) is 4.52. The van der Waals surface area contributed by atoms with Crippen LogP contribution in [-0.4, -0.2) is 6.04 Å². The smallest absolute Gasteiger partial charge is 0.0462 e. The van der Waals surface area contributed by atoms with Crippen molar-refractivity contribution >= 4 is 8.88 Å². The van der Waals surface area contributed by atoms with Crippen molar-refractivity contribution in [2.24, 2.45) is 0 Å². The van der Waals surface area contributed by atoms with Crippen LogP contribution in [0, 0.1) is 0 Å². The predicted molar refractivity (Wildman–Crippen MR) is 90.7 cm³/mol. The van der Waals surface area contributed by atoms with Crippen LogP contribution in [0.15, 0.2) is 59.9 Å². The molecule has 108 valence electrons. The fourth-order valence-corrected chi connectivity index (χ4v) is 3.30. The van der Waals surface area contributed by atoms with E-state index in [1.807, 2.05) is 0 Å². The van der Waals surface area contributed by atoms with E-state index in [1.165, 1.54) is 36.0 Å². The fourth-order valence-electron chi connectivity index (χ4n) is 2.75. The van der Waals surface area contributed by atoms with Gasteiger partial charge in [-0.25, -0.2) is 0 Å². The fraction of sp³-hybridized carbons (Fsp3) is 0.412. The van der Waals surface area contributed by atoms with Crippen LogP contribution in [0.2, 0.25) is 0 Å². The Morgan fingerprint density at radius 1 is 1.35 bits per heavy atom. The van der Waals surface area contributed by atoms with E-state index in [4.69, 9.17) is 0 Å². The van der Waals surface area contributed by atoms with Crippen LogP contribution in [0.25, 0.3) is 0 Å². The first-order valence-corrected chi connectivity index (χ1v) is 8.44. The summed E-state index contributed by atoms with van der Waals surface area (Å²) < 4.78 is 0. The molecule has 2 atom stereocenters. The first-order valence-electron chi connectivity index (χ1n) is 7.44. The normalized spacial score (nSPS) is 20.9. The Kier molecular flexibility index (Phi) is 6.29. The average Bonchev–Trinajstić information content (AvgIpc) is 2.61. The standard InChI is InChI=1S/C17H25N2P/c1-3-18-20-19-14(2)16-12-9-8-11-15-10-6-4-5-7-13-17(15)16/h3,5-7,10,12,14,18-20H,1,4,8-9,11,13H2,2H3. The molecule has 0 radical (unpaired) electrons. The molecule has 0 aliphatic heterocycles. The summed E-state index contributed by atoms with van der Waals surface area (Å²) in [5, 5.41) is 6.68. The van der Waals surface area contributed by atoms with E-state index in [-0.39, 0.29) is 0 Å². The van der Waals surface area contributed by atoms with Crippen LogP contribution in [0.4, 0.5) is 0 Å². The summed E-state index contributed by atoms with van der Waals surface area (Å²) in [5.41, 5.74) is 4.54. The summed E-state index contributed by atoms with van der Waals surface area (Å²) in [7, 11) is 0.516. The number of nitrogens with one attached hydrogen (secondary N) is 2. The van der Waals surface area contributed by atoms with Crippen molar-refractivity contribution < 1.29 is 0 Å². The molecule has 2 aliphatic rings. The SMILES string of the molecule is C=CNPNC(C)C1=CCCCC2=C1CC=CCC=C2. The molecule has 2 N–H and O–H groups in total. The van der Waals surface area contributed by atoms with Gasteiger partial charge in [0.15, 0.2) is 0 Å². The molecule has 2 nitrogen and oxygen atoms in total. The summed E-state index contributed by atoms with van der Waals surface area (Å²) in [6.07, 6.45) is 19.2. The van der Waals surface area contributed by atoms with Gasteiger partial charge in [0.05, 0.1) is 0 Å².